The van der Waals surface area contributed by atoms with Crippen molar-refractivity contribution in [2.24, 2.45) is 0 Å². The molecule has 0 radical (unpaired) electrons. The Morgan fingerprint density at radius 2 is 2.15 bits per heavy atom. The molecule has 1 N–H and O–H groups in total. The highest BCUT2D eigenvalue weighted by Crippen LogP contribution is 2.66. The summed E-state index contributed by atoms with van der Waals surface area (Å²) in [6.45, 7) is 0.742. The molecule has 10 heteroatoms. The highest BCUT2D eigenvalue weighted by Gasteiger charge is 2.77. The summed E-state index contributed by atoms with van der Waals surface area (Å²) in [6, 6.07) is 11.0. The van der Waals surface area contributed by atoms with Crippen molar-refractivity contribution in [3.63, 3.8) is 0 Å². The Labute approximate surface area is 208 Å². The minimum Gasteiger partial charge on any atom is -0.467 e. The van der Waals surface area contributed by atoms with Crippen LogP contribution < -0.4 is 5.32 Å². The molecular formula is C23H18ClN3O3S3. The maximum absolute atomic E-state index is 14.5. The first-order valence-corrected chi connectivity index (χ1v) is 12.9. The van der Waals surface area contributed by atoms with Gasteiger partial charge in [-0.3, -0.25) is 19.4 Å². The first-order chi connectivity index (χ1) is 15.9. The fourth-order valence-electron chi connectivity index (χ4n) is 5.56. The maximum atomic E-state index is 14.5. The molecule has 1 aromatic carbocycles. The number of amides is 2. The number of rotatable bonds is 3. The summed E-state index contributed by atoms with van der Waals surface area (Å²) in [4.78, 5) is 31.9. The monoisotopic (exact) mass is 515 g/mol. The normalized spacial score (nSPS) is 29.0. The average molecular weight is 516 g/mol. The van der Waals surface area contributed by atoms with Crippen LogP contribution in [0.5, 0.6) is 0 Å². The third-order valence-electron chi connectivity index (χ3n) is 6.88. The maximum Gasteiger partial charge on any atom is 0.251 e. The summed E-state index contributed by atoms with van der Waals surface area (Å²) in [6.07, 6.45) is 1.57. The van der Waals surface area contributed by atoms with Crippen LogP contribution in [-0.2, 0) is 21.7 Å². The third-order valence-corrected chi connectivity index (χ3v) is 9.76. The molecule has 3 atom stereocenters. The molecule has 2 amide bonds. The first kappa shape index (κ1) is 21.4. The number of thioether (sulfide) groups is 1. The Hall–Kier alpha value is -2.17. The van der Waals surface area contributed by atoms with Crippen LogP contribution in [0.1, 0.15) is 22.8 Å². The molecule has 5 heterocycles. The molecule has 33 heavy (non-hydrogen) atoms. The number of thiocarbonyl (C=S) groups is 1. The number of halogens is 1. The van der Waals surface area contributed by atoms with E-state index in [1.165, 1.54) is 11.8 Å². The lowest BCUT2D eigenvalue weighted by molar-refractivity contribution is -0.138. The Bertz CT molecular complexity index is 1300. The third kappa shape index (κ3) is 2.68. The summed E-state index contributed by atoms with van der Waals surface area (Å²) >= 11 is 15.1. The predicted molar refractivity (Wildman–Crippen MR) is 134 cm³/mol. The zero-order chi connectivity index (χ0) is 23.0. The van der Waals surface area contributed by atoms with E-state index in [-0.39, 0.29) is 24.3 Å². The van der Waals surface area contributed by atoms with Crippen molar-refractivity contribution in [3.05, 3.63) is 75.3 Å². The fraction of sp³-hybridized carbons (Fsp3) is 0.261. The lowest BCUT2D eigenvalue weighted by Crippen LogP contribution is -2.61. The molecule has 2 spiro atoms. The predicted octanol–water partition coefficient (Wildman–Crippen LogP) is 4.67. The topological polar surface area (TPSA) is 65.8 Å². The molecule has 2 saturated heterocycles. The number of carbonyl (C=O) groups excluding carboxylic acids is 2. The molecular weight excluding hydrogens is 498 g/mol. The van der Waals surface area contributed by atoms with E-state index in [1.807, 2.05) is 29.5 Å². The molecule has 2 fully saturated rings. The molecule has 3 aliphatic heterocycles. The number of likely N-dealkylation sites (tertiary alicyclic amines) is 1. The quantitative estimate of drug-likeness (QED) is 0.511. The summed E-state index contributed by atoms with van der Waals surface area (Å²) in [5.41, 5.74) is 1.15. The Kier molecular flexibility index (Phi) is 4.80. The highest BCUT2D eigenvalue weighted by molar-refractivity contribution is 8.25. The van der Waals surface area contributed by atoms with E-state index in [2.05, 4.69) is 10.7 Å². The van der Waals surface area contributed by atoms with Crippen molar-refractivity contribution < 1.29 is 14.0 Å². The number of carbonyl (C=O) groups is 2. The molecule has 3 aliphatic rings. The number of benzene rings is 1. The number of nitrogens with zero attached hydrogens (tertiary/aromatic N) is 2. The number of thiophene rings is 1. The second kappa shape index (κ2) is 7.41. The Morgan fingerprint density at radius 3 is 2.88 bits per heavy atom. The van der Waals surface area contributed by atoms with Gasteiger partial charge in [0.2, 0.25) is 5.91 Å². The van der Waals surface area contributed by atoms with Gasteiger partial charge in [0.05, 0.1) is 12.8 Å². The number of furan rings is 1. The second-order valence-corrected chi connectivity index (χ2v) is 11.5. The van der Waals surface area contributed by atoms with Crippen LogP contribution >= 0.6 is 46.9 Å². The average Bonchev–Trinajstić information content (AvgIpc) is 3.58. The molecule has 6 nitrogen and oxygen atoms in total. The van der Waals surface area contributed by atoms with Gasteiger partial charge in [-0.2, -0.15) is 11.3 Å². The fourth-order valence-corrected chi connectivity index (χ4v) is 8.58. The van der Waals surface area contributed by atoms with E-state index < -0.39 is 10.3 Å². The highest BCUT2D eigenvalue weighted by atomic mass is 35.5. The molecule has 0 bridgehead atoms. The van der Waals surface area contributed by atoms with Gasteiger partial charge in [0, 0.05) is 28.7 Å². The van der Waals surface area contributed by atoms with E-state index in [9.17, 15) is 9.59 Å². The molecule has 0 saturated carbocycles. The zero-order valence-electron chi connectivity index (χ0n) is 17.4. The molecule has 6 rings (SSSR count). The molecule has 3 aromatic rings. The molecule has 2 aromatic heterocycles. The number of fused-ring (bicyclic) bond motifs is 3. The summed E-state index contributed by atoms with van der Waals surface area (Å²) in [5.74, 6) is -0.0300. The SMILES string of the molecule is CN1CC(c2ccsc2)C2(SC(=S)N(Cc3ccco3)C2=O)C12C(=O)Nc1ccc(Cl)cc12. The van der Waals surface area contributed by atoms with E-state index >= 15 is 0 Å². The minimum absolute atomic E-state index is 0.183. The largest absolute Gasteiger partial charge is 0.467 e. The van der Waals surface area contributed by atoms with Crippen LogP contribution in [0, 0.1) is 0 Å². The van der Waals surface area contributed by atoms with Crippen molar-refractivity contribution >= 4 is 68.7 Å². The van der Waals surface area contributed by atoms with Crippen molar-refractivity contribution in [2.45, 2.75) is 22.7 Å². The van der Waals surface area contributed by atoms with Crippen molar-refractivity contribution in [1.82, 2.24) is 9.80 Å². The second-order valence-electron chi connectivity index (χ2n) is 8.42. The molecule has 168 valence electrons. The van der Waals surface area contributed by atoms with Gasteiger partial charge in [0.25, 0.3) is 5.91 Å². The van der Waals surface area contributed by atoms with Gasteiger partial charge in [-0.25, -0.2) is 0 Å². The summed E-state index contributed by atoms with van der Waals surface area (Å²) in [5, 5.41) is 7.58. The summed E-state index contributed by atoms with van der Waals surface area (Å²) < 4.78 is 4.76. The zero-order valence-corrected chi connectivity index (χ0v) is 20.6. The number of hydrogen-bond acceptors (Lipinski definition) is 7. The van der Waals surface area contributed by atoms with Gasteiger partial charge in [-0.05, 0) is 59.8 Å². The Balaban J connectivity index is 1.60. The van der Waals surface area contributed by atoms with Gasteiger partial charge in [-0.15, -0.1) is 0 Å². The van der Waals surface area contributed by atoms with Gasteiger partial charge in [-0.1, -0.05) is 35.6 Å². The first-order valence-electron chi connectivity index (χ1n) is 10.3. The van der Waals surface area contributed by atoms with Gasteiger partial charge in [0.15, 0.2) is 5.54 Å². The Morgan fingerprint density at radius 1 is 1.30 bits per heavy atom. The number of nitrogens with one attached hydrogen (secondary N) is 1. The van der Waals surface area contributed by atoms with Crippen molar-refractivity contribution in [2.75, 3.05) is 18.9 Å². The lowest BCUT2D eigenvalue weighted by Gasteiger charge is -2.41. The van der Waals surface area contributed by atoms with Gasteiger partial charge >= 0.3 is 0 Å². The van der Waals surface area contributed by atoms with Crippen LogP contribution in [0.4, 0.5) is 5.69 Å². The van der Waals surface area contributed by atoms with Crippen molar-refractivity contribution in [1.29, 1.82) is 0 Å². The standard InChI is InChI=1S/C23H18ClN3O3S3/c1-26-11-17(13-6-8-32-12-13)23(20(29)27(21(31)33-23)10-15-3-2-7-30-15)22(26)16-9-14(24)4-5-18(16)25-19(22)28/h2-9,12,17H,10-11H2,1H3,(H,25,28). The van der Waals surface area contributed by atoms with Gasteiger partial charge in [0.1, 0.15) is 14.8 Å². The van der Waals surface area contributed by atoms with E-state index in [0.29, 0.717) is 32.9 Å². The van der Waals surface area contributed by atoms with Crippen LogP contribution in [0.2, 0.25) is 5.02 Å². The van der Waals surface area contributed by atoms with Crippen LogP contribution in [-0.4, -0.2) is 44.3 Å². The number of hydrogen-bond donors (Lipinski definition) is 1. The van der Waals surface area contributed by atoms with E-state index in [0.717, 1.165) is 5.56 Å². The number of anilines is 1. The lowest BCUT2D eigenvalue weighted by atomic mass is 9.72. The van der Waals surface area contributed by atoms with Gasteiger partial charge < -0.3 is 9.73 Å². The van der Waals surface area contributed by atoms with E-state index in [1.54, 1.807) is 46.8 Å². The number of likely N-dealkylation sites (N-methyl/N-ethyl adjacent to an activating group) is 1. The smallest absolute Gasteiger partial charge is 0.251 e. The minimum atomic E-state index is -1.26. The molecule has 0 aliphatic carbocycles. The molecule has 3 unspecified atom stereocenters. The van der Waals surface area contributed by atoms with Crippen LogP contribution in [0.25, 0.3) is 0 Å². The van der Waals surface area contributed by atoms with Crippen LogP contribution in [0.15, 0.2) is 57.8 Å². The van der Waals surface area contributed by atoms with Crippen LogP contribution in [0.3, 0.4) is 0 Å². The van der Waals surface area contributed by atoms with E-state index in [4.69, 9.17) is 28.2 Å². The van der Waals surface area contributed by atoms with Crippen molar-refractivity contribution in [3.8, 4) is 0 Å². The summed E-state index contributed by atoms with van der Waals surface area (Å²) in [7, 11) is 1.90.